The Morgan fingerprint density at radius 3 is 2.08 bits per heavy atom. The molecule has 0 aromatic carbocycles. The van der Waals surface area contributed by atoms with Gasteiger partial charge in [0.2, 0.25) is 5.91 Å². The smallest absolute Gasteiger partial charge is 0.240 e. The summed E-state index contributed by atoms with van der Waals surface area (Å²) < 4.78 is 0. The number of nitrogens with one attached hydrogen (secondary N) is 1. The Labute approximate surface area is 72.5 Å². The highest BCUT2D eigenvalue weighted by Gasteiger charge is 2.23. The molecule has 0 aliphatic heterocycles. The van der Waals surface area contributed by atoms with Crippen molar-refractivity contribution in [1.82, 2.24) is 5.32 Å². The summed E-state index contributed by atoms with van der Waals surface area (Å²) in [4.78, 5) is 21.9. The summed E-state index contributed by atoms with van der Waals surface area (Å²) in [5.74, 6) is -0.391. The summed E-state index contributed by atoms with van der Waals surface area (Å²) >= 11 is 0. The lowest BCUT2D eigenvalue weighted by Crippen LogP contribution is -2.52. The van der Waals surface area contributed by atoms with E-state index in [4.69, 9.17) is 5.73 Å². The SMILES string of the molecule is CC(=O)[C@H](C)NC(=O)C(C)(C)N. The zero-order valence-corrected chi connectivity index (χ0v) is 7.97. The standard InChI is InChI=1S/C8H16N2O2/c1-5(6(2)11)10-7(12)8(3,4)9/h5H,9H2,1-4H3,(H,10,12)/t5-/m0/s1. The third kappa shape index (κ3) is 3.48. The van der Waals surface area contributed by atoms with Gasteiger partial charge in [0.05, 0.1) is 11.6 Å². The van der Waals surface area contributed by atoms with E-state index >= 15 is 0 Å². The maximum absolute atomic E-state index is 11.2. The van der Waals surface area contributed by atoms with Crippen molar-refractivity contribution in [2.24, 2.45) is 5.73 Å². The Hall–Kier alpha value is -0.900. The number of rotatable bonds is 3. The van der Waals surface area contributed by atoms with Gasteiger partial charge in [-0.15, -0.1) is 0 Å². The zero-order chi connectivity index (χ0) is 9.94. The lowest BCUT2D eigenvalue weighted by atomic mass is 10.1. The average molecular weight is 172 g/mol. The number of carbonyl (C=O) groups excluding carboxylic acids is 2. The van der Waals surface area contributed by atoms with Crippen LogP contribution in [0.5, 0.6) is 0 Å². The second-order valence-corrected chi connectivity index (χ2v) is 3.53. The monoisotopic (exact) mass is 172 g/mol. The molecule has 0 fully saturated rings. The number of Topliss-reactive ketones (excluding diaryl/α,β-unsaturated/α-hetero) is 1. The molecule has 4 heteroatoms. The second kappa shape index (κ2) is 3.67. The van der Waals surface area contributed by atoms with E-state index in [9.17, 15) is 9.59 Å². The molecule has 1 amide bonds. The highest BCUT2D eigenvalue weighted by Crippen LogP contribution is 1.97. The summed E-state index contributed by atoms with van der Waals surface area (Å²) in [7, 11) is 0. The van der Waals surface area contributed by atoms with Gasteiger partial charge in [-0.3, -0.25) is 9.59 Å². The fraction of sp³-hybridized carbons (Fsp3) is 0.750. The molecule has 0 heterocycles. The molecule has 0 saturated carbocycles. The fourth-order valence-corrected chi connectivity index (χ4v) is 0.484. The molecule has 1 atom stereocenters. The third-order valence-corrected chi connectivity index (χ3v) is 1.54. The minimum Gasteiger partial charge on any atom is -0.345 e. The minimum atomic E-state index is -0.927. The zero-order valence-electron chi connectivity index (χ0n) is 7.97. The molecule has 0 rings (SSSR count). The largest absolute Gasteiger partial charge is 0.345 e. The van der Waals surface area contributed by atoms with E-state index in [-0.39, 0.29) is 11.7 Å². The molecule has 70 valence electrons. The molecule has 0 aliphatic carbocycles. The summed E-state index contributed by atoms with van der Waals surface area (Å²) in [6.07, 6.45) is 0. The Kier molecular flexibility index (Phi) is 3.39. The van der Waals surface area contributed by atoms with Gasteiger partial charge in [0.25, 0.3) is 0 Å². The van der Waals surface area contributed by atoms with E-state index in [1.54, 1.807) is 20.8 Å². The normalized spacial score (nSPS) is 13.8. The maximum Gasteiger partial charge on any atom is 0.240 e. The van der Waals surface area contributed by atoms with E-state index in [1.807, 2.05) is 0 Å². The van der Waals surface area contributed by atoms with Crippen LogP contribution in [0.1, 0.15) is 27.7 Å². The van der Waals surface area contributed by atoms with Gasteiger partial charge >= 0.3 is 0 Å². The predicted octanol–water partition coefficient (Wildman–Crippen LogP) is -0.183. The van der Waals surface area contributed by atoms with Crippen molar-refractivity contribution in [3.05, 3.63) is 0 Å². The van der Waals surface area contributed by atoms with Crippen LogP contribution in [0.2, 0.25) is 0 Å². The number of hydrogen-bond acceptors (Lipinski definition) is 3. The molecule has 3 N–H and O–H groups in total. The third-order valence-electron chi connectivity index (χ3n) is 1.54. The molecule has 0 aromatic rings. The van der Waals surface area contributed by atoms with Crippen LogP contribution in [0, 0.1) is 0 Å². The summed E-state index contributed by atoms with van der Waals surface area (Å²) in [5.41, 5.74) is 4.58. The molecule has 0 aliphatic rings. The molecule has 12 heavy (non-hydrogen) atoms. The van der Waals surface area contributed by atoms with Crippen molar-refractivity contribution >= 4 is 11.7 Å². The molecule has 0 radical (unpaired) electrons. The van der Waals surface area contributed by atoms with Gasteiger partial charge in [0.15, 0.2) is 5.78 Å². The van der Waals surface area contributed by atoms with Gasteiger partial charge < -0.3 is 11.1 Å². The Morgan fingerprint density at radius 1 is 1.42 bits per heavy atom. The number of carbonyl (C=O) groups is 2. The minimum absolute atomic E-state index is 0.0763. The summed E-state index contributed by atoms with van der Waals surface area (Å²) in [6.45, 7) is 6.24. The van der Waals surface area contributed by atoms with Crippen molar-refractivity contribution in [3.8, 4) is 0 Å². The van der Waals surface area contributed by atoms with Crippen molar-refractivity contribution in [3.63, 3.8) is 0 Å². The summed E-state index contributed by atoms with van der Waals surface area (Å²) in [6, 6.07) is -0.458. The molecule has 0 unspecified atom stereocenters. The molecular weight excluding hydrogens is 156 g/mol. The first-order valence-corrected chi connectivity index (χ1v) is 3.85. The van der Waals surface area contributed by atoms with Crippen molar-refractivity contribution < 1.29 is 9.59 Å². The Bertz CT molecular complexity index is 194. The van der Waals surface area contributed by atoms with Crippen molar-refractivity contribution in [2.45, 2.75) is 39.3 Å². The van der Waals surface area contributed by atoms with Crippen molar-refractivity contribution in [2.75, 3.05) is 0 Å². The first-order chi connectivity index (χ1) is 5.25. The lowest BCUT2D eigenvalue weighted by Gasteiger charge is -2.20. The van der Waals surface area contributed by atoms with Crippen LogP contribution in [0.25, 0.3) is 0 Å². The van der Waals surface area contributed by atoms with Crippen LogP contribution in [-0.2, 0) is 9.59 Å². The molecule has 0 spiro atoms. The van der Waals surface area contributed by atoms with Crippen LogP contribution >= 0.6 is 0 Å². The van der Waals surface area contributed by atoms with Gasteiger partial charge in [-0.05, 0) is 27.7 Å². The van der Waals surface area contributed by atoms with E-state index in [0.717, 1.165) is 0 Å². The van der Waals surface area contributed by atoms with Crippen LogP contribution in [0.3, 0.4) is 0 Å². The fourth-order valence-electron chi connectivity index (χ4n) is 0.484. The van der Waals surface area contributed by atoms with Crippen molar-refractivity contribution in [1.29, 1.82) is 0 Å². The van der Waals surface area contributed by atoms with Gasteiger partial charge in [-0.2, -0.15) is 0 Å². The van der Waals surface area contributed by atoms with Crippen LogP contribution in [0.15, 0.2) is 0 Å². The quantitative estimate of drug-likeness (QED) is 0.620. The van der Waals surface area contributed by atoms with E-state index in [1.165, 1.54) is 6.92 Å². The molecule has 0 bridgehead atoms. The first kappa shape index (κ1) is 11.1. The Morgan fingerprint density at radius 2 is 1.83 bits per heavy atom. The Balaban J connectivity index is 4.11. The highest BCUT2D eigenvalue weighted by molar-refractivity contribution is 5.91. The number of hydrogen-bond donors (Lipinski definition) is 2. The van der Waals surface area contributed by atoms with Gasteiger partial charge in [-0.1, -0.05) is 0 Å². The van der Waals surface area contributed by atoms with E-state index in [0.29, 0.717) is 0 Å². The van der Waals surface area contributed by atoms with Crippen LogP contribution < -0.4 is 11.1 Å². The van der Waals surface area contributed by atoms with Gasteiger partial charge in [-0.25, -0.2) is 0 Å². The number of ketones is 1. The number of amides is 1. The average Bonchev–Trinajstić information content (AvgIpc) is 1.85. The van der Waals surface area contributed by atoms with Gasteiger partial charge in [0, 0.05) is 0 Å². The molecule has 4 nitrogen and oxygen atoms in total. The molecule has 0 aromatic heterocycles. The van der Waals surface area contributed by atoms with E-state index < -0.39 is 11.6 Å². The summed E-state index contributed by atoms with van der Waals surface area (Å²) in [5, 5.41) is 2.51. The van der Waals surface area contributed by atoms with Gasteiger partial charge in [0.1, 0.15) is 0 Å². The van der Waals surface area contributed by atoms with Crippen LogP contribution in [0.4, 0.5) is 0 Å². The molecular formula is C8H16N2O2. The highest BCUT2D eigenvalue weighted by atomic mass is 16.2. The molecule has 0 saturated heterocycles. The first-order valence-electron chi connectivity index (χ1n) is 3.85. The topological polar surface area (TPSA) is 72.2 Å². The van der Waals surface area contributed by atoms with E-state index in [2.05, 4.69) is 5.32 Å². The second-order valence-electron chi connectivity index (χ2n) is 3.53. The predicted molar refractivity (Wildman–Crippen MR) is 46.6 cm³/mol. The lowest BCUT2D eigenvalue weighted by molar-refractivity contribution is -0.129. The number of nitrogens with two attached hydrogens (primary N) is 1. The maximum atomic E-state index is 11.2. The van der Waals surface area contributed by atoms with Crippen LogP contribution in [-0.4, -0.2) is 23.3 Å².